The molecule has 118 valence electrons. The summed E-state index contributed by atoms with van der Waals surface area (Å²) in [6, 6.07) is 7.46. The Labute approximate surface area is 134 Å². The van der Waals surface area contributed by atoms with Crippen LogP contribution in [-0.4, -0.2) is 15.8 Å². The Morgan fingerprint density at radius 2 is 2.09 bits per heavy atom. The number of hydrogen-bond acceptors (Lipinski definition) is 3. The first kappa shape index (κ1) is 15.4. The lowest BCUT2D eigenvalue weighted by molar-refractivity contribution is 0.0908. The van der Waals surface area contributed by atoms with Crippen LogP contribution in [0.25, 0.3) is 21.8 Å². The van der Waals surface area contributed by atoms with Crippen LogP contribution in [0.2, 0.25) is 0 Å². The Kier molecular flexibility index (Phi) is 4.24. The van der Waals surface area contributed by atoms with Gasteiger partial charge in [0.15, 0.2) is 11.2 Å². The smallest absolute Gasteiger partial charge is 0.200 e. The quantitative estimate of drug-likeness (QED) is 0.570. The van der Waals surface area contributed by atoms with Gasteiger partial charge in [-0.05, 0) is 25.0 Å². The molecule has 0 bridgehead atoms. The van der Waals surface area contributed by atoms with Gasteiger partial charge in [0.25, 0.3) is 0 Å². The van der Waals surface area contributed by atoms with Crippen molar-refractivity contribution in [2.45, 2.75) is 33.1 Å². The second-order valence-corrected chi connectivity index (χ2v) is 5.85. The lowest BCUT2D eigenvalue weighted by Gasteiger charge is -2.12. The van der Waals surface area contributed by atoms with Crippen LogP contribution >= 0.6 is 0 Å². The summed E-state index contributed by atoms with van der Waals surface area (Å²) in [5, 5.41) is 1.49. The highest BCUT2D eigenvalue weighted by atomic mass is 16.1. The molecule has 23 heavy (non-hydrogen) atoms. The normalized spacial score (nSPS) is 12.6. The van der Waals surface area contributed by atoms with Gasteiger partial charge in [-0.25, -0.2) is 0 Å². The van der Waals surface area contributed by atoms with E-state index in [1.54, 1.807) is 18.5 Å². The molecule has 0 spiro atoms. The van der Waals surface area contributed by atoms with E-state index in [2.05, 4.69) is 16.9 Å². The van der Waals surface area contributed by atoms with Crippen molar-refractivity contribution in [2.24, 2.45) is 5.92 Å². The summed E-state index contributed by atoms with van der Waals surface area (Å²) in [6.07, 6.45) is 5.76. The fraction of sp³-hybridized carbons (Fsp3) is 0.316. The van der Waals surface area contributed by atoms with Crippen molar-refractivity contribution in [1.82, 2.24) is 9.97 Å². The Bertz CT molecular complexity index is 927. The molecule has 0 aliphatic rings. The zero-order chi connectivity index (χ0) is 16.4. The molecule has 1 aromatic carbocycles. The second kappa shape index (κ2) is 6.32. The molecule has 1 unspecified atom stereocenters. The molecule has 0 fully saturated rings. The Morgan fingerprint density at radius 1 is 1.26 bits per heavy atom. The van der Waals surface area contributed by atoms with Gasteiger partial charge < -0.3 is 4.98 Å². The number of carbonyl (C=O) groups excluding carboxylic acids is 1. The molecule has 4 nitrogen and oxygen atoms in total. The Hall–Kier alpha value is -2.49. The number of fused-ring (bicyclic) bond motifs is 3. The van der Waals surface area contributed by atoms with Crippen molar-refractivity contribution in [3.8, 4) is 0 Å². The van der Waals surface area contributed by atoms with E-state index in [4.69, 9.17) is 0 Å². The van der Waals surface area contributed by atoms with Gasteiger partial charge in [-0.1, -0.05) is 32.4 Å². The summed E-state index contributed by atoms with van der Waals surface area (Å²) in [4.78, 5) is 32.9. The molecule has 0 saturated heterocycles. The average molecular weight is 308 g/mol. The zero-order valence-corrected chi connectivity index (χ0v) is 13.4. The molecular weight excluding hydrogens is 288 g/mol. The van der Waals surface area contributed by atoms with E-state index in [0.717, 1.165) is 30.2 Å². The maximum absolute atomic E-state index is 12.8. The highest BCUT2D eigenvalue weighted by Crippen LogP contribution is 2.21. The number of aromatic amines is 1. The van der Waals surface area contributed by atoms with E-state index in [1.807, 2.05) is 25.1 Å². The number of rotatable bonds is 5. The third kappa shape index (κ3) is 2.65. The largest absolute Gasteiger partial charge is 0.358 e. The molecule has 0 saturated carbocycles. The summed E-state index contributed by atoms with van der Waals surface area (Å²) >= 11 is 0. The molecule has 2 heterocycles. The SMILES string of the molecule is CCCC(CC)C(=O)c1c[nH]c2c(ccc3cccnc32)c1=O. The minimum Gasteiger partial charge on any atom is -0.358 e. The van der Waals surface area contributed by atoms with Gasteiger partial charge in [-0.3, -0.25) is 14.6 Å². The third-order valence-electron chi connectivity index (χ3n) is 4.39. The second-order valence-electron chi connectivity index (χ2n) is 5.85. The van der Waals surface area contributed by atoms with Crippen LogP contribution < -0.4 is 5.43 Å². The van der Waals surface area contributed by atoms with Gasteiger partial charge in [0.05, 0.1) is 16.6 Å². The summed E-state index contributed by atoms with van der Waals surface area (Å²) in [5.74, 6) is -0.143. The van der Waals surface area contributed by atoms with Crippen LogP contribution in [0.5, 0.6) is 0 Å². The van der Waals surface area contributed by atoms with E-state index >= 15 is 0 Å². The molecule has 0 aliphatic heterocycles. The summed E-state index contributed by atoms with van der Waals surface area (Å²) < 4.78 is 0. The molecule has 1 atom stereocenters. The van der Waals surface area contributed by atoms with Crippen LogP contribution in [0.4, 0.5) is 0 Å². The molecule has 3 rings (SSSR count). The third-order valence-corrected chi connectivity index (χ3v) is 4.39. The van der Waals surface area contributed by atoms with Crippen LogP contribution in [0.1, 0.15) is 43.5 Å². The van der Waals surface area contributed by atoms with Crippen LogP contribution in [0.15, 0.2) is 41.5 Å². The van der Waals surface area contributed by atoms with E-state index in [9.17, 15) is 9.59 Å². The van der Waals surface area contributed by atoms with Gasteiger partial charge in [0.1, 0.15) is 0 Å². The fourth-order valence-electron chi connectivity index (χ4n) is 3.11. The van der Waals surface area contributed by atoms with Crippen LogP contribution in [0.3, 0.4) is 0 Å². The highest BCUT2D eigenvalue weighted by molar-refractivity contribution is 6.06. The number of benzene rings is 1. The lowest BCUT2D eigenvalue weighted by Crippen LogP contribution is -2.22. The lowest BCUT2D eigenvalue weighted by atomic mass is 9.91. The van der Waals surface area contributed by atoms with Crippen molar-refractivity contribution in [2.75, 3.05) is 0 Å². The molecule has 0 radical (unpaired) electrons. The first-order valence-electron chi connectivity index (χ1n) is 8.10. The number of aromatic nitrogens is 2. The van der Waals surface area contributed by atoms with Crippen molar-refractivity contribution >= 4 is 27.6 Å². The minimum atomic E-state index is -0.203. The minimum absolute atomic E-state index is 0.0568. The maximum atomic E-state index is 12.8. The van der Waals surface area contributed by atoms with E-state index < -0.39 is 0 Å². The zero-order valence-electron chi connectivity index (χ0n) is 13.4. The topological polar surface area (TPSA) is 62.8 Å². The average Bonchev–Trinajstić information content (AvgIpc) is 2.59. The van der Waals surface area contributed by atoms with Gasteiger partial charge in [-0.15, -0.1) is 0 Å². The molecule has 1 N–H and O–H groups in total. The number of ketones is 1. The van der Waals surface area contributed by atoms with Crippen molar-refractivity contribution < 1.29 is 4.79 Å². The standard InChI is InChI=1S/C19H20N2O2/c1-3-6-12(4-2)18(22)15-11-21-17-14(19(15)23)9-8-13-7-5-10-20-16(13)17/h5,7-12H,3-4,6H2,1-2H3,(H,21,23). The Morgan fingerprint density at radius 3 is 2.83 bits per heavy atom. The molecule has 3 aromatic rings. The summed E-state index contributed by atoms with van der Waals surface area (Å²) in [7, 11) is 0. The van der Waals surface area contributed by atoms with Gasteiger partial charge >= 0.3 is 0 Å². The number of hydrogen-bond donors (Lipinski definition) is 1. The van der Waals surface area contributed by atoms with Crippen LogP contribution in [-0.2, 0) is 0 Å². The molecule has 4 heteroatoms. The van der Waals surface area contributed by atoms with Gasteiger partial charge in [0.2, 0.25) is 0 Å². The molecule has 0 aliphatic carbocycles. The first-order valence-corrected chi connectivity index (χ1v) is 8.10. The Balaban J connectivity index is 2.18. The highest BCUT2D eigenvalue weighted by Gasteiger charge is 2.21. The van der Waals surface area contributed by atoms with Gasteiger partial charge in [0, 0.05) is 29.1 Å². The van der Waals surface area contributed by atoms with Crippen molar-refractivity contribution in [3.63, 3.8) is 0 Å². The first-order chi connectivity index (χ1) is 11.2. The summed E-state index contributed by atoms with van der Waals surface area (Å²) in [5.41, 5.74) is 1.49. The van der Waals surface area contributed by atoms with Crippen molar-refractivity contribution in [3.05, 3.63) is 52.4 Å². The maximum Gasteiger partial charge on any atom is 0.200 e. The number of carbonyl (C=O) groups is 1. The predicted molar refractivity (Wildman–Crippen MR) is 92.9 cm³/mol. The monoisotopic (exact) mass is 308 g/mol. The summed E-state index contributed by atoms with van der Waals surface area (Å²) in [6.45, 7) is 4.04. The van der Waals surface area contributed by atoms with Crippen molar-refractivity contribution in [1.29, 1.82) is 0 Å². The fourth-order valence-corrected chi connectivity index (χ4v) is 3.11. The molecule has 0 amide bonds. The number of pyridine rings is 2. The molecule has 2 aromatic heterocycles. The molecular formula is C19H20N2O2. The number of nitrogens with one attached hydrogen (secondary N) is 1. The predicted octanol–water partition coefficient (Wildman–Crippen LogP) is 4.09. The van der Waals surface area contributed by atoms with Crippen LogP contribution in [0, 0.1) is 5.92 Å². The van der Waals surface area contributed by atoms with Gasteiger partial charge in [-0.2, -0.15) is 0 Å². The number of Topliss-reactive ketones (excluding diaryl/α,β-unsaturated/α-hetero) is 1. The van der Waals surface area contributed by atoms with E-state index in [0.29, 0.717) is 10.9 Å². The number of H-pyrrole nitrogens is 1. The van der Waals surface area contributed by atoms with E-state index in [1.165, 1.54) is 0 Å². The number of nitrogens with zero attached hydrogens (tertiary/aromatic N) is 1. The van der Waals surface area contributed by atoms with E-state index in [-0.39, 0.29) is 22.7 Å².